The lowest BCUT2D eigenvalue weighted by Crippen LogP contribution is -2.38. The lowest BCUT2D eigenvalue weighted by Gasteiger charge is -2.20. The molecule has 0 aromatic heterocycles. The van der Waals surface area contributed by atoms with E-state index in [9.17, 15) is 19.2 Å². The van der Waals surface area contributed by atoms with Gasteiger partial charge in [0.15, 0.2) is 0 Å². The van der Waals surface area contributed by atoms with Gasteiger partial charge in [0.2, 0.25) is 0 Å². The van der Waals surface area contributed by atoms with Crippen LogP contribution in [0.3, 0.4) is 0 Å². The first-order chi connectivity index (χ1) is 11.5. The molecule has 0 radical (unpaired) electrons. The Morgan fingerprint density at radius 2 is 1.32 bits per heavy atom. The first-order valence-electron chi connectivity index (χ1n) is 7.84. The van der Waals surface area contributed by atoms with E-state index in [1.54, 1.807) is 20.8 Å². The van der Waals surface area contributed by atoms with Crippen molar-refractivity contribution in [1.82, 2.24) is 10.6 Å². The number of hydrogen-bond donors (Lipinski definition) is 4. The fourth-order valence-corrected chi connectivity index (χ4v) is 1.67. The average Bonchev–Trinajstić information content (AvgIpc) is 2.44. The number of carbonyl (C=O) groups excluding carboxylic acids is 2. The summed E-state index contributed by atoms with van der Waals surface area (Å²) >= 11 is 0. The molecule has 25 heavy (non-hydrogen) atoms. The maximum atomic E-state index is 11.6. The Morgan fingerprint density at radius 1 is 0.880 bits per heavy atom. The summed E-state index contributed by atoms with van der Waals surface area (Å²) in [6, 6.07) is 0. The van der Waals surface area contributed by atoms with Crippen molar-refractivity contribution in [2.24, 2.45) is 0 Å². The standard InChI is InChI=1S/C15H26N2O8/c1-15(2,3)25-14(23)17-9-8-16-13(22)24-10(4-6-11(18)19)5-7-12(20)21/h10H,4-9H2,1-3H3,(H,16,22)(H,17,23)(H,18,19)(H,20,21). The number of ether oxygens (including phenoxy) is 2. The van der Waals surface area contributed by atoms with E-state index in [1.807, 2.05) is 0 Å². The fraction of sp³-hybridized carbons (Fsp3) is 0.733. The minimum atomic E-state index is -1.06. The van der Waals surface area contributed by atoms with E-state index in [2.05, 4.69) is 10.6 Å². The Labute approximate surface area is 145 Å². The highest BCUT2D eigenvalue weighted by molar-refractivity contribution is 5.69. The van der Waals surface area contributed by atoms with Gasteiger partial charge in [-0.15, -0.1) is 0 Å². The topological polar surface area (TPSA) is 151 Å². The van der Waals surface area contributed by atoms with Crippen LogP contribution in [0, 0.1) is 0 Å². The Morgan fingerprint density at radius 3 is 1.72 bits per heavy atom. The van der Waals surface area contributed by atoms with Crippen LogP contribution in [0.15, 0.2) is 0 Å². The Balaban J connectivity index is 4.13. The third-order valence-electron chi connectivity index (χ3n) is 2.70. The van der Waals surface area contributed by atoms with E-state index < -0.39 is 35.8 Å². The molecule has 0 aromatic carbocycles. The third kappa shape index (κ3) is 14.8. The first kappa shape index (κ1) is 22.5. The molecule has 4 N–H and O–H groups in total. The SMILES string of the molecule is CC(C)(C)OC(=O)NCCNC(=O)OC(CCC(=O)O)CCC(=O)O. The summed E-state index contributed by atoms with van der Waals surface area (Å²) in [6.45, 7) is 5.34. The minimum absolute atomic E-state index is 0.0200. The summed E-state index contributed by atoms with van der Waals surface area (Å²) in [5, 5.41) is 22.1. The molecule has 0 aliphatic heterocycles. The monoisotopic (exact) mass is 362 g/mol. The highest BCUT2D eigenvalue weighted by Crippen LogP contribution is 2.10. The molecular weight excluding hydrogens is 336 g/mol. The van der Waals surface area contributed by atoms with Gasteiger partial charge >= 0.3 is 24.1 Å². The predicted molar refractivity (Wildman–Crippen MR) is 86.2 cm³/mol. The normalized spacial score (nSPS) is 10.9. The number of aliphatic carboxylic acids is 2. The van der Waals surface area contributed by atoms with E-state index in [0.29, 0.717) is 0 Å². The van der Waals surface area contributed by atoms with E-state index in [-0.39, 0.29) is 38.8 Å². The van der Waals surface area contributed by atoms with Crippen LogP contribution in [0.4, 0.5) is 9.59 Å². The smallest absolute Gasteiger partial charge is 0.407 e. The molecule has 10 heteroatoms. The van der Waals surface area contributed by atoms with Crippen molar-refractivity contribution in [3.05, 3.63) is 0 Å². The summed E-state index contributed by atoms with van der Waals surface area (Å²) < 4.78 is 10.0. The molecule has 0 rings (SSSR count). The van der Waals surface area contributed by atoms with Gasteiger partial charge in [-0.25, -0.2) is 9.59 Å². The van der Waals surface area contributed by atoms with E-state index in [4.69, 9.17) is 19.7 Å². The number of nitrogens with one attached hydrogen (secondary N) is 2. The van der Waals surface area contributed by atoms with Crippen molar-refractivity contribution in [3.8, 4) is 0 Å². The van der Waals surface area contributed by atoms with Crippen molar-refractivity contribution in [3.63, 3.8) is 0 Å². The van der Waals surface area contributed by atoms with Gasteiger partial charge in [0.05, 0.1) is 0 Å². The summed E-state index contributed by atoms with van der Waals surface area (Å²) in [5.41, 5.74) is -0.627. The molecule has 0 saturated carbocycles. The van der Waals surface area contributed by atoms with Crippen molar-refractivity contribution < 1.29 is 38.9 Å². The van der Waals surface area contributed by atoms with Crippen LogP contribution in [0.5, 0.6) is 0 Å². The number of rotatable bonds is 10. The molecule has 0 bridgehead atoms. The quantitative estimate of drug-likeness (QED) is 0.425. The lowest BCUT2D eigenvalue weighted by molar-refractivity contribution is -0.137. The molecule has 0 spiro atoms. The third-order valence-corrected chi connectivity index (χ3v) is 2.70. The van der Waals surface area contributed by atoms with Crippen LogP contribution in [-0.4, -0.2) is 59.1 Å². The summed E-state index contributed by atoms with van der Waals surface area (Å²) in [6.07, 6.45) is -2.69. The maximum absolute atomic E-state index is 11.6. The second-order valence-electron chi connectivity index (χ2n) is 6.25. The van der Waals surface area contributed by atoms with Crippen LogP contribution < -0.4 is 10.6 Å². The molecule has 0 aliphatic rings. The minimum Gasteiger partial charge on any atom is -0.481 e. The van der Waals surface area contributed by atoms with Gasteiger partial charge in [0.1, 0.15) is 11.7 Å². The van der Waals surface area contributed by atoms with Gasteiger partial charge in [0.25, 0.3) is 0 Å². The number of carbonyl (C=O) groups is 4. The van der Waals surface area contributed by atoms with Crippen LogP contribution in [0.1, 0.15) is 46.5 Å². The second-order valence-corrected chi connectivity index (χ2v) is 6.25. The van der Waals surface area contributed by atoms with Gasteiger partial charge in [-0.3, -0.25) is 9.59 Å². The van der Waals surface area contributed by atoms with Crippen LogP contribution in [0.2, 0.25) is 0 Å². The molecule has 0 aliphatic carbocycles. The highest BCUT2D eigenvalue weighted by Gasteiger charge is 2.18. The zero-order valence-corrected chi connectivity index (χ0v) is 14.7. The Kier molecular flexibility index (Phi) is 9.99. The summed E-state index contributed by atoms with van der Waals surface area (Å²) in [7, 11) is 0. The molecular formula is C15H26N2O8. The Hall–Kier alpha value is -2.52. The van der Waals surface area contributed by atoms with Gasteiger partial charge in [0, 0.05) is 25.9 Å². The number of alkyl carbamates (subject to hydrolysis) is 2. The van der Waals surface area contributed by atoms with Gasteiger partial charge in [-0.1, -0.05) is 0 Å². The van der Waals surface area contributed by atoms with Crippen LogP contribution in [-0.2, 0) is 19.1 Å². The number of amides is 2. The van der Waals surface area contributed by atoms with E-state index >= 15 is 0 Å². The van der Waals surface area contributed by atoms with E-state index in [1.165, 1.54) is 0 Å². The van der Waals surface area contributed by atoms with Crippen molar-refractivity contribution >= 4 is 24.1 Å². The fourth-order valence-electron chi connectivity index (χ4n) is 1.67. The van der Waals surface area contributed by atoms with Crippen molar-refractivity contribution in [1.29, 1.82) is 0 Å². The Bertz CT molecular complexity index is 455. The van der Waals surface area contributed by atoms with Crippen LogP contribution in [0.25, 0.3) is 0 Å². The maximum Gasteiger partial charge on any atom is 0.407 e. The molecule has 0 heterocycles. The van der Waals surface area contributed by atoms with Crippen molar-refractivity contribution in [2.45, 2.75) is 58.2 Å². The van der Waals surface area contributed by atoms with Crippen LogP contribution >= 0.6 is 0 Å². The zero-order valence-electron chi connectivity index (χ0n) is 14.7. The molecule has 2 amide bonds. The van der Waals surface area contributed by atoms with Gasteiger partial charge < -0.3 is 30.3 Å². The average molecular weight is 362 g/mol. The molecule has 144 valence electrons. The van der Waals surface area contributed by atoms with Crippen molar-refractivity contribution in [2.75, 3.05) is 13.1 Å². The summed E-state index contributed by atoms with van der Waals surface area (Å²) in [4.78, 5) is 44.2. The zero-order chi connectivity index (χ0) is 19.5. The largest absolute Gasteiger partial charge is 0.481 e. The number of carboxylic acid groups (broad SMARTS) is 2. The molecule has 0 saturated heterocycles. The second kappa shape index (κ2) is 11.1. The number of carboxylic acids is 2. The van der Waals surface area contributed by atoms with Gasteiger partial charge in [-0.05, 0) is 33.6 Å². The molecule has 0 aromatic rings. The van der Waals surface area contributed by atoms with E-state index in [0.717, 1.165) is 0 Å². The molecule has 10 nitrogen and oxygen atoms in total. The van der Waals surface area contributed by atoms with Gasteiger partial charge in [-0.2, -0.15) is 0 Å². The predicted octanol–water partition coefficient (Wildman–Crippen LogP) is 1.34. The first-order valence-corrected chi connectivity index (χ1v) is 7.84. The highest BCUT2D eigenvalue weighted by atomic mass is 16.6. The molecule has 0 unspecified atom stereocenters. The molecule has 0 fully saturated rings. The molecule has 0 atom stereocenters. The lowest BCUT2D eigenvalue weighted by atomic mass is 10.1. The summed E-state index contributed by atoms with van der Waals surface area (Å²) in [5.74, 6) is -2.13. The number of hydrogen-bond acceptors (Lipinski definition) is 6.